The van der Waals surface area contributed by atoms with Gasteiger partial charge in [-0.15, -0.1) is 0 Å². The Morgan fingerprint density at radius 3 is 2.50 bits per heavy atom. The van der Waals surface area contributed by atoms with E-state index in [1.807, 2.05) is 12.1 Å². The molecule has 3 aromatic rings. The Balaban J connectivity index is 0.000000806. The van der Waals surface area contributed by atoms with Crippen molar-refractivity contribution in [1.82, 2.24) is 4.98 Å². The van der Waals surface area contributed by atoms with Gasteiger partial charge in [0.05, 0.1) is 5.56 Å². The van der Waals surface area contributed by atoms with Crippen LogP contribution in [-0.2, 0) is 11.2 Å². The van der Waals surface area contributed by atoms with Gasteiger partial charge in [-0.25, -0.2) is 9.37 Å². The molecule has 2 N–H and O–H groups in total. The SMILES string of the molecule is O=CO.Oc1ccc(Cc2ccc(N3CCCC3)nc2)c(F)c1-c1cccc(Cl)c1. The summed E-state index contributed by atoms with van der Waals surface area (Å²) in [5.41, 5.74) is 2.18. The van der Waals surface area contributed by atoms with E-state index in [0.29, 0.717) is 22.6 Å². The molecule has 0 saturated carbocycles. The van der Waals surface area contributed by atoms with Crippen LogP contribution >= 0.6 is 11.6 Å². The van der Waals surface area contributed by atoms with Crippen LogP contribution in [0.4, 0.5) is 10.2 Å². The summed E-state index contributed by atoms with van der Waals surface area (Å²) in [7, 11) is 0. The zero-order chi connectivity index (χ0) is 21.5. The van der Waals surface area contributed by atoms with Crippen molar-refractivity contribution in [2.24, 2.45) is 0 Å². The van der Waals surface area contributed by atoms with Crippen LogP contribution in [0.5, 0.6) is 5.75 Å². The van der Waals surface area contributed by atoms with Gasteiger partial charge in [0.25, 0.3) is 6.47 Å². The first-order valence-corrected chi connectivity index (χ1v) is 9.95. The lowest BCUT2D eigenvalue weighted by Crippen LogP contribution is -2.18. The van der Waals surface area contributed by atoms with Crippen molar-refractivity contribution in [3.05, 3.63) is 76.7 Å². The molecule has 1 aromatic heterocycles. The summed E-state index contributed by atoms with van der Waals surface area (Å²) in [6, 6.07) is 14.0. The average molecular weight is 429 g/mol. The largest absolute Gasteiger partial charge is 0.507 e. The monoisotopic (exact) mass is 428 g/mol. The number of anilines is 1. The number of hydrogen-bond donors (Lipinski definition) is 2. The van der Waals surface area contributed by atoms with E-state index in [2.05, 4.69) is 9.88 Å². The minimum atomic E-state index is -0.430. The Bertz CT molecular complexity index is 1010. The standard InChI is InChI=1S/C22H20ClFN2O.CH2O2/c23-18-5-3-4-16(13-18)21-19(27)8-7-17(22(21)24)12-15-6-9-20(25-14-15)26-10-1-2-11-26;2-1-3/h3-9,13-14,27H,1-2,10-12H2;1H,(H,2,3). The Hall–Kier alpha value is -3.12. The molecule has 0 spiro atoms. The molecule has 0 unspecified atom stereocenters. The topological polar surface area (TPSA) is 73.7 Å². The van der Waals surface area contributed by atoms with E-state index in [4.69, 9.17) is 21.5 Å². The van der Waals surface area contributed by atoms with Gasteiger partial charge in [-0.2, -0.15) is 0 Å². The van der Waals surface area contributed by atoms with Gasteiger partial charge in [-0.05, 0) is 53.8 Å². The van der Waals surface area contributed by atoms with Gasteiger partial charge in [0.1, 0.15) is 17.4 Å². The average Bonchev–Trinajstić information content (AvgIpc) is 3.26. The second-order valence-corrected chi connectivity index (χ2v) is 7.38. The van der Waals surface area contributed by atoms with E-state index in [-0.39, 0.29) is 17.8 Å². The van der Waals surface area contributed by atoms with Gasteiger partial charge < -0.3 is 15.1 Å². The third-order valence-electron chi connectivity index (χ3n) is 4.95. The number of carboxylic acid groups (broad SMARTS) is 1. The molecule has 2 aromatic carbocycles. The maximum atomic E-state index is 15.1. The minimum Gasteiger partial charge on any atom is -0.507 e. The van der Waals surface area contributed by atoms with Crippen molar-refractivity contribution < 1.29 is 19.4 Å². The third-order valence-corrected chi connectivity index (χ3v) is 5.18. The molecule has 4 rings (SSSR count). The zero-order valence-electron chi connectivity index (χ0n) is 16.3. The van der Waals surface area contributed by atoms with Crippen LogP contribution in [0.15, 0.2) is 54.7 Å². The van der Waals surface area contributed by atoms with Crippen molar-refractivity contribution in [3.63, 3.8) is 0 Å². The first-order chi connectivity index (χ1) is 14.5. The molecule has 156 valence electrons. The first-order valence-electron chi connectivity index (χ1n) is 9.57. The maximum absolute atomic E-state index is 15.1. The highest BCUT2D eigenvalue weighted by Crippen LogP contribution is 2.35. The molecular weight excluding hydrogens is 407 g/mol. The van der Waals surface area contributed by atoms with Crippen molar-refractivity contribution in [1.29, 1.82) is 0 Å². The number of pyridine rings is 1. The summed E-state index contributed by atoms with van der Waals surface area (Å²) >= 11 is 6.02. The number of nitrogens with zero attached hydrogens (tertiary/aromatic N) is 2. The molecule has 0 atom stereocenters. The third kappa shape index (κ3) is 5.07. The first kappa shape index (κ1) is 21.6. The molecular formula is C23H22ClFN2O3. The number of aromatic nitrogens is 1. The Morgan fingerprint density at radius 2 is 1.87 bits per heavy atom. The number of rotatable bonds is 4. The van der Waals surface area contributed by atoms with Crippen LogP contribution in [0, 0.1) is 5.82 Å². The molecule has 1 aliphatic heterocycles. The normalized spacial score (nSPS) is 12.9. The zero-order valence-corrected chi connectivity index (χ0v) is 17.0. The van der Waals surface area contributed by atoms with E-state index in [9.17, 15) is 5.11 Å². The van der Waals surface area contributed by atoms with Crippen LogP contribution in [0.3, 0.4) is 0 Å². The summed E-state index contributed by atoms with van der Waals surface area (Å²) in [6.45, 7) is 1.84. The lowest BCUT2D eigenvalue weighted by Gasteiger charge is -2.16. The van der Waals surface area contributed by atoms with E-state index < -0.39 is 5.82 Å². The van der Waals surface area contributed by atoms with Crippen molar-refractivity contribution in [3.8, 4) is 16.9 Å². The molecule has 0 radical (unpaired) electrons. The fourth-order valence-corrected chi connectivity index (χ4v) is 3.73. The van der Waals surface area contributed by atoms with Crippen molar-refractivity contribution in [2.75, 3.05) is 18.0 Å². The van der Waals surface area contributed by atoms with Crippen LogP contribution < -0.4 is 4.90 Å². The molecule has 1 saturated heterocycles. The highest BCUT2D eigenvalue weighted by molar-refractivity contribution is 6.30. The van der Waals surface area contributed by atoms with Crippen LogP contribution in [-0.4, -0.2) is 34.8 Å². The summed E-state index contributed by atoms with van der Waals surface area (Å²) in [5, 5.41) is 17.6. The summed E-state index contributed by atoms with van der Waals surface area (Å²) in [6.07, 6.45) is 4.62. The summed E-state index contributed by atoms with van der Waals surface area (Å²) in [5.74, 6) is 0.448. The number of hydrogen-bond acceptors (Lipinski definition) is 4. The van der Waals surface area contributed by atoms with Gasteiger partial charge in [-0.1, -0.05) is 35.9 Å². The van der Waals surface area contributed by atoms with Gasteiger partial charge in [0.2, 0.25) is 0 Å². The van der Waals surface area contributed by atoms with Gasteiger partial charge in [0, 0.05) is 30.7 Å². The predicted octanol–water partition coefficient (Wildman–Crippen LogP) is 5.14. The van der Waals surface area contributed by atoms with Crippen molar-refractivity contribution in [2.45, 2.75) is 19.3 Å². The van der Waals surface area contributed by atoms with E-state index in [1.54, 1.807) is 36.5 Å². The highest BCUT2D eigenvalue weighted by Gasteiger charge is 2.17. The second kappa shape index (κ2) is 10.1. The Morgan fingerprint density at radius 1 is 1.13 bits per heavy atom. The number of carbonyl (C=O) groups is 1. The number of halogens is 2. The van der Waals surface area contributed by atoms with E-state index >= 15 is 4.39 Å². The molecule has 1 aliphatic rings. The Labute approximate surface area is 179 Å². The smallest absolute Gasteiger partial charge is 0.290 e. The molecule has 2 heterocycles. The lowest BCUT2D eigenvalue weighted by atomic mass is 9.97. The molecule has 30 heavy (non-hydrogen) atoms. The number of phenols is 1. The van der Waals surface area contributed by atoms with Crippen LogP contribution in [0.2, 0.25) is 5.02 Å². The van der Waals surface area contributed by atoms with Crippen molar-refractivity contribution >= 4 is 23.9 Å². The number of aromatic hydroxyl groups is 1. The van der Waals surface area contributed by atoms with Crippen LogP contribution in [0.1, 0.15) is 24.0 Å². The molecule has 1 fully saturated rings. The second-order valence-electron chi connectivity index (χ2n) is 6.94. The summed E-state index contributed by atoms with van der Waals surface area (Å²) in [4.78, 5) is 15.2. The fourth-order valence-electron chi connectivity index (χ4n) is 3.54. The molecule has 0 bridgehead atoms. The van der Waals surface area contributed by atoms with Gasteiger partial charge in [-0.3, -0.25) is 4.79 Å². The molecule has 0 aliphatic carbocycles. The van der Waals surface area contributed by atoms with E-state index in [1.165, 1.54) is 18.9 Å². The maximum Gasteiger partial charge on any atom is 0.290 e. The van der Waals surface area contributed by atoms with Gasteiger partial charge >= 0.3 is 0 Å². The van der Waals surface area contributed by atoms with E-state index in [0.717, 1.165) is 24.5 Å². The number of phenolic OH excluding ortho intramolecular Hbond substituents is 1. The fraction of sp³-hybridized carbons (Fsp3) is 0.217. The van der Waals surface area contributed by atoms with Crippen LogP contribution in [0.25, 0.3) is 11.1 Å². The summed E-state index contributed by atoms with van der Waals surface area (Å²) < 4.78 is 15.1. The highest BCUT2D eigenvalue weighted by atomic mass is 35.5. The van der Waals surface area contributed by atoms with Gasteiger partial charge in [0.15, 0.2) is 0 Å². The molecule has 5 nitrogen and oxygen atoms in total. The molecule has 0 amide bonds. The lowest BCUT2D eigenvalue weighted by molar-refractivity contribution is -0.122. The Kier molecular flexibility index (Phi) is 7.25. The quantitative estimate of drug-likeness (QED) is 0.563. The minimum absolute atomic E-state index is 0.0963. The predicted molar refractivity (Wildman–Crippen MR) is 116 cm³/mol. The molecule has 7 heteroatoms. The number of benzene rings is 2.